The Kier molecular flexibility index (Phi) is 5.63. The third kappa shape index (κ3) is 4.08. The predicted octanol–water partition coefficient (Wildman–Crippen LogP) is 8.41. The van der Waals surface area contributed by atoms with Gasteiger partial charge in [0.05, 0.1) is 20.3 Å². The monoisotopic (exact) mass is 483 g/mol. The van der Waals surface area contributed by atoms with Gasteiger partial charge in [0.15, 0.2) is 0 Å². The summed E-state index contributed by atoms with van der Waals surface area (Å²) < 4.78 is 18.7. The summed E-state index contributed by atoms with van der Waals surface area (Å²) in [6.45, 7) is 0. The van der Waals surface area contributed by atoms with E-state index >= 15 is 0 Å². The van der Waals surface area contributed by atoms with E-state index in [1.165, 1.54) is 5.56 Å². The second-order valence-electron chi connectivity index (χ2n) is 9.00. The fourth-order valence-electron chi connectivity index (χ4n) is 4.83. The average Bonchev–Trinajstić information content (AvgIpc) is 2.94. The molecule has 1 heterocycles. The number of nitrogens with zero attached hydrogens (tertiary/aromatic N) is 1. The van der Waals surface area contributed by atoms with Crippen LogP contribution in [-0.4, -0.2) is 10.5 Å². The molecule has 3 heteroatoms. The van der Waals surface area contributed by atoms with Gasteiger partial charge in [0.1, 0.15) is 0 Å². The number of rotatable bonds is 4. The van der Waals surface area contributed by atoms with Crippen LogP contribution in [0.5, 0.6) is 0 Å². The van der Waals surface area contributed by atoms with Gasteiger partial charge in [-0.3, -0.25) is 0 Å². The Hall–Kier alpha value is -4.21. The molecule has 0 fully saturated rings. The lowest BCUT2D eigenvalue weighted by molar-refractivity contribution is 0.680. The molecule has 2 nitrogen and oxygen atoms in total. The highest BCUT2D eigenvalue weighted by Crippen LogP contribution is 2.42. The molecule has 1 atom stereocenters. The highest BCUT2D eigenvalue weighted by Gasteiger charge is 2.26. The van der Waals surface area contributed by atoms with Gasteiger partial charge in [-0.05, 0) is 39.9 Å². The maximum absolute atomic E-state index is 13.8. The van der Waals surface area contributed by atoms with E-state index < -0.39 is 9.73 Å². The minimum atomic E-state index is -2.59. The summed E-state index contributed by atoms with van der Waals surface area (Å²) in [6.07, 6.45) is 1.74. The van der Waals surface area contributed by atoms with E-state index in [4.69, 9.17) is 4.36 Å². The van der Waals surface area contributed by atoms with Crippen molar-refractivity contribution in [1.82, 2.24) is 0 Å². The summed E-state index contributed by atoms with van der Waals surface area (Å²) in [5, 5.41) is 0. The van der Waals surface area contributed by atoms with Crippen LogP contribution in [0.3, 0.4) is 0 Å². The van der Waals surface area contributed by atoms with Crippen LogP contribution in [0.25, 0.3) is 33.5 Å². The molecule has 6 rings (SSSR count). The largest absolute Gasteiger partial charge is 0.245 e. The molecule has 0 amide bonds. The molecular weight excluding hydrogens is 458 g/mol. The van der Waals surface area contributed by atoms with Crippen molar-refractivity contribution in [3.8, 4) is 22.3 Å². The SMILES string of the molecule is CS1(=O)=NC(c2ccc(-c3ccccc3)cc2)=C(c2cccc(-c3ccccc3)c2)c2ccccc21. The Morgan fingerprint density at radius 1 is 0.500 bits per heavy atom. The topological polar surface area (TPSA) is 29.4 Å². The third-order valence-corrected chi connectivity index (χ3v) is 8.29. The second-order valence-corrected chi connectivity index (χ2v) is 11.2. The fraction of sp³-hybridized carbons (Fsp3) is 0.0303. The van der Waals surface area contributed by atoms with E-state index in [9.17, 15) is 4.21 Å². The zero-order chi connectivity index (χ0) is 24.5. The van der Waals surface area contributed by atoms with E-state index in [0.29, 0.717) is 0 Å². The molecule has 1 aliphatic rings. The first-order chi connectivity index (χ1) is 17.6. The number of hydrogen-bond acceptors (Lipinski definition) is 2. The summed E-state index contributed by atoms with van der Waals surface area (Å²) >= 11 is 0. The molecule has 1 aliphatic heterocycles. The van der Waals surface area contributed by atoms with Gasteiger partial charge in [-0.1, -0.05) is 121 Å². The Morgan fingerprint density at radius 2 is 1.00 bits per heavy atom. The van der Waals surface area contributed by atoms with Gasteiger partial charge in [-0.25, -0.2) is 4.21 Å². The van der Waals surface area contributed by atoms with E-state index in [2.05, 4.69) is 91.0 Å². The van der Waals surface area contributed by atoms with Crippen LogP contribution >= 0.6 is 0 Å². The number of benzene rings is 5. The van der Waals surface area contributed by atoms with Crippen molar-refractivity contribution in [2.75, 3.05) is 6.26 Å². The van der Waals surface area contributed by atoms with Crippen LogP contribution in [0.4, 0.5) is 0 Å². The first-order valence-electron chi connectivity index (χ1n) is 12.0. The molecule has 0 saturated heterocycles. The molecule has 174 valence electrons. The summed E-state index contributed by atoms with van der Waals surface area (Å²) in [5.74, 6) is 0. The van der Waals surface area contributed by atoms with Crippen LogP contribution < -0.4 is 0 Å². The molecule has 0 aromatic heterocycles. The fourth-order valence-corrected chi connectivity index (χ4v) is 6.38. The Bertz CT molecular complexity index is 1710. The van der Waals surface area contributed by atoms with E-state index in [1.807, 2.05) is 42.5 Å². The van der Waals surface area contributed by atoms with Crippen LogP contribution in [0.1, 0.15) is 16.7 Å². The Balaban J connectivity index is 1.57. The lowest BCUT2D eigenvalue weighted by Gasteiger charge is -2.23. The first-order valence-corrected chi connectivity index (χ1v) is 13.9. The molecule has 1 unspecified atom stereocenters. The van der Waals surface area contributed by atoms with E-state index in [-0.39, 0.29) is 0 Å². The third-order valence-electron chi connectivity index (χ3n) is 6.59. The molecule has 36 heavy (non-hydrogen) atoms. The predicted molar refractivity (Wildman–Crippen MR) is 151 cm³/mol. The van der Waals surface area contributed by atoms with Gasteiger partial charge >= 0.3 is 0 Å². The van der Waals surface area contributed by atoms with Crippen molar-refractivity contribution in [3.63, 3.8) is 0 Å². The lowest BCUT2D eigenvalue weighted by Crippen LogP contribution is -2.09. The van der Waals surface area contributed by atoms with Gasteiger partial charge in [0.2, 0.25) is 0 Å². The van der Waals surface area contributed by atoms with Gasteiger partial charge in [-0.2, -0.15) is 4.36 Å². The standard InChI is InChI=1S/C33H25NOS/c1-36(35)31-18-9-8-17-30(31)32(29-16-10-15-28(23-29)25-13-6-3-7-14-25)33(34-36)27-21-19-26(20-22-27)24-11-4-2-5-12-24/h2-23H,1H3. The Labute approximate surface area is 212 Å². The van der Waals surface area contributed by atoms with Crippen molar-refractivity contribution in [3.05, 3.63) is 150 Å². The maximum Gasteiger partial charge on any atom is 0.0890 e. The van der Waals surface area contributed by atoms with Gasteiger partial charge in [0.25, 0.3) is 0 Å². The molecule has 0 radical (unpaired) electrons. The molecule has 0 saturated carbocycles. The second kappa shape index (κ2) is 9.10. The van der Waals surface area contributed by atoms with Crippen molar-refractivity contribution >= 4 is 21.0 Å². The smallest absolute Gasteiger partial charge is 0.0890 e. The molecule has 0 bridgehead atoms. The zero-order valence-electron chi connectivity index (χ0n) is 20.0. The molecule has 5 aromatic carbocycles. The van der Waals surface area contributed by atoms with Crippen molar-refractivity contribution < 1.29 is 4.21 Å². The zero-order valence-corrected chi connectivity index (χ0v) is 20.8. The van der Waals surface area contributed by atoms with Crippen LogP contribution in [0, 0.1) is 0 Å². The maximum atomic E-state index is 13.8. The van der Waals surface area contributed by atoms with Crippen molar-refractivity contribution in [1.29, 1.82) is 0 Å². The van der Waals surface area contributed by atoms with Gasteiger partial charge in [0, 0.05) is 23.0 Å². The van der Waals surface area contributed by atoms with Gasteiger partial charge in [-0.15, -0.1) is 0 Å². The minimum Gasteiger partial charge on any atom is -0.245 e. The van der Waals surface area contributed by atoms with Gasteiger partial charge < -0.3 is 0 Å². The van der Waals surface area contributed by atoms with E-state index in [0.717, 1.165) is 49.5 Å². The highest BCUT2D eigenvalue weighted by molar-refractivity contribution is 7.93. The summed E-state index contributed by atoms with van der Waals surface area (Å²) in [7, 11) is -2.59. The van der Waals surface area contributed by atoms with Crippen molar-refractivity contribution in [2.24, 2.45) is 4.36 Å². The quantitative estimate of drug-likeness (QED) is 0.252. The average molecular weight is 484 g/mol. The molecule has 0 N–H and O–H groups in total. The summed E-state index contributed by atoms with van der Waals surface area (Å²) in [4.78, 5) is 0.787. The van der Waals surface area contributed by atoms with E-state index in [1.54, 1.807) is 6.26 Å². The normalized spacial score (nSPS) is 16.8. The number of fused-ring (bicyclic) bond motifs is 1. The minimum absolute atomic E-state index is 0.769. The van der Waals surface area contributed by atoms with Crippen LogP contribution in [-0.2, 0) is 9.73 Å². The van der Waals surface area contributed by atoms with Crippen LogP contribution in [0.15, 0.2) is 143 Å². The highest BCUT2D eigenvalue weighted by atomic mass is 32.2. The molecule has 0 spiro atoms. The molecule has 0 aliphatic carbocycles. The lowest BCUT2D eigenvalue weighted by atomic mass is 9.90. The first kappa shape index (κ1) is 22.3. The number of hydrogen-bond donors (Lipinski definition) is 0. The Morgan fingerprint density at radius 3 is 1.69 bits per heavy atom. The molecular formula is C33H25NOS. The van der Waals surface area contributed by atoms with Crippen molar-refractivity contribution in [2.45, 2.75) is 4.90 Å². The summed E-state index contributed by atoms with van der Waals surface area (Å²) in [6, 6.07) is 45.6. The summed E-state index contributed by atoms with van der Waals surface area (Å²) in [5.41, 5.74) is 9.38. The van der Waals surface area contributed by atoms with Crippen LogP contribution in [0.2, 0.25) is 0 Å². The molecule has 5 aromatic rings.